The van der Waals surface area contributed by atoms with Gasteiger partial charge >= 0.3 is 0 Å². The highest BCUT2D eigenvalue weighted by atomic mass is 15.3. The molecular weight excluding hydrogens is 198 g/mol. The lowest BCUT2D eigenvalue weighted by Crippen LogP contribution is -2.22. The Morgan fingerprint density at radius 2 is 2.12 bits per heavy atom. The summed E-state index contributed by atoms with van der Waals surface area (Å²) >= 11 is 0. The molecule has 0 atom stereocenters. The fraction of sp³-hybridized carbons (Fsp3) is 0.308. The Balaban J connectivity index is 1.83. The Bertz CT molecular complexity index is 450. The lowest BCUT2D eigenvalue weighted by molar-refractivity contribution is 0.615. The topological polar surface area (TPSA) is 29.9 Å². The number of rotatable bonds is 2. The fourth-order valence-electron chi connectivity index (χ4n) is 2.14. The van der Waals surface area contributed by atoms with Gasteiger partial charge in [0, 0.05) is 12.7 Å². The van der Waals surface area contributed by atoms with Gasteiger partial charge in [-0.2, -0.15) is 5.10 Å². The van der Waals surface area contributed by atoms with Crippen molar-refractivity contribution in [3.63, 3.8) is 0 Å². The van der Waals surface area contributed by atoms with E-state index in [2.05, 4.69) is 40.9 Å². The summed E-state index contributed by atoms with van der Waals surface area (Å²) < 4.78 is 2.05. The van der Waals surface area contributed by atoms with Gasteiger partial charge in [0.2, 0.25) is 0 Å². The second kappa shape index (κ2) is 4.10. The molecule has 1 aliphatic rings. The molecule has 1 N–H and O–H groups in total. The van der Waals surface area contributed by atoms with Crippen LogP contribution in [0.3, 0.4) is 0 Å². The summed E-state index contributed by atoms with van der Waals surface area (Å²) in [4.78, 5) is 0. The smallest absolute Gasteiger partial charge is 0.0794 e. The Labute approximate surface area is 95.1 Å². The number of fused-ring (bicyclic) bond motifs is 1. The molecule has 1 aromatic carbocycles. The summed E-state index contributed by atoms with van der Waals surface area (Å²) in [6.45, 7) is 2.86. The summed E-state index contributed by atoms with van der Waals surface area (Å²) in [7, 11) is 0. The molecule has 1 aromatic heterocycles. The normalized spacial score (nSPS) is 14.8. The third-order valence-electron chi connectivity index (χ3n) is 2.98. The molecule has 3 nitrogen and oxygen atoms in total. The molecule has 0 bridgehead atoms. The molecular formula is C13H15N3. The van der Waals surface area contributed by atoms with E-state index in [-0.39, 0.29) is 0 Å². The fourth-order valence-corrected chi connectivity index (χ4v) is 2.14. The van der Waals surface area contributed by atoms with E-state index in [1.54, 1.807) is 0 Å². The molecule has 3 rings (SSSR count). The summed E-state index contributed by atoms with van der Waals surface area (Å²) in [5, 5.41) is 7.94. The second-order valence-corrected chi connectivity index (χ2v) is 4.21. The van der Waals surface area contributed by atoms with Crippen LogP contribution >= 0.6 is 0 Å². The maximum Gasteiger partial charge on any atom is 0.0794 e. The van der Waals surface area contributed by atoms with Crippen molar-refractivity contribution in [3.05, 3.63) is 53.3 Å². The van der Waals surface area contributed by atoms with Crippen LogP contribution in [0.5, 0.6) is 0 Å². The van der Waals surface area contributed by atoms with E-state index in [1.807, 2.05) is 10.7 Å². The van der Waals surface area contributed by atoms with Crippen LogP contribution < -0.4 is 5.32 Å². The first-order valence-corrected chi connectivity index (χ1v) is 5.72. The number of benzene rings is 1. The van der Waals surface area contributed by atoms with Gasteiger partial charge in [0.25, 0.3) is 0 Å². The van der Waals surface area contributed by atoms with Gasteiger partial charge in [-0.05, 0) is 24.1 Å². The van der Waals surface area contributed by atoms with Crippen LogP contribution in [0.1, 0.15) is 16.8 Å². The molecule has 82 valence electrons. The van der Waals surface area contributed by atoms with E-state index < -0.39 is 0 Å². The molecule has 0 amide bonds. The van der Waals surface area contributed by atoms with E-state index in [0.29, 0.717) is 0 Å². The van der Waals surface area contributed by atoms with E-state index in [0.717, 1.165) is 26.1 Å². The minimum atomic E-state index is 0.869. The highest BCUT2D eigenvalue weighted by Crippen LogP contribution is 2.12. The van der Waals surface area contributed by atoms with Crippen LogP contribution in [0, 0.1) is 0 Å². The molecule has 0 unspecified atom stereocenters. The van der Waals surface area contributed by atoms with Crippen LogP contribution in [0.4, 0.5) is 0 Å². The van der Waals surface area contributed by atoms with Gasteiger partial charge in [-0.3, -0.25) is 4.68 Å². The Morgan fingerprint density at radius 3 is 2.94 bits per heavy atom. The van der Waals surface area contributed by atoms with Crippen LogP contribution in [-0.4, -0.2) is 16.3 Å². The van der Waals surface area contributed by atoms with Crippen molar-refractivity contribution >= 4 is 0 Å². The quantitative estimate of drug-likeness (QED) is 0.820. The van der Waals surface area contributed by atoms with E-state index in [4.69, 9.17) is 0 Å². The number of hydrogen-bond donors (Lipinski definition) is 1. The predicted molar refractivity (Wildman–Crippen MR) is 63.2 cm³/mol. The molecule has 0 radical (unpaired) electrons. The van der Waals surface area contributed by atoms with Gasteiger partial charge in [0.1, 0.15) is 0 Å². The number of nitrogens with one attached hydrogen (secondary N) is 1. The molecule has 0 spiro atoms. The van der Waals surface area contributed by atoms with Crippen molar-refractivity contribution in [1.29, 1.82) is 0 Å². The molecule has 0 fully saturated rings. The van der Waals surface area contributed by atoms with E-state index in [9.17, 15) is 0 Å². The molecule has 2 aromatic rings. The first kappa shape index (κ1) is 9.60. The van der Waals surface area contributed by atoms with Crippen molar-refractivity contribution in [3.8, 4) is 0 Å². The van der Waals surface area contributed by atoms with E-state index in [1.165, 1.54) is 16.8 Å². The molecule has 16 heavy (non-hydrogen) atoms. The van der Waals surface area contributed by atoms with Crippen molar-refractivity contribution < 1.29 is 0 Å². The molecule has 0 aliphatic carbocycles. The minimum absolute atomic E-state index is 0.869. The van der Waals surface area contributed by atoms with Crippen molar-refractivity contribution in [2.45, 2.75) is 19.5 Å². The second-order valence-electron chi connectivity index (χ2n) is 4.21. The SMILES string of the molecule is c1ccc(Cn2cc3c(n2)CNCC3)cc1. The summed E-state index contributed by atoms with van der Waals surface area (Å²) in [5.74, 6) is 0. The number of hydrogen-bond acceptors (Lipinski definition) is 2. The zero-order valence-electron chi connectivity index (χ0n) is 9.19. The van der Waals surface area contributed by atoms with Crippen molar-refractivity contribution in [2.75, 3.05) is 6.54 Å². The van der Waals surface area contributed by atoms with Crippen LogP contribution in [0.15, 0.2) is 36.5 Å². The van der Waals surface area contributed by atoms with Gasteiger partial charge in [-0.1, -0.05) is 30.3 Å². The van der Waals surface area contributed by atoms with Crippen LogP contribution in [-0.2, 0) is 19.5 Å². The highest BCUT2D eigenvalue weighted by Gasteiger charge is 2.12. The third-order valence-corrected chi connectivity index (χ3v) is 2.98. The first-order valence-electron chi connectivity index (χ1n) is 5.72. The minimum Gasteiger partial charge on any atom is -0.311 e. The van der Waals surface area contributed by atoms with Crippen LogP contribution in [0.2, 0.25) is 0 Å². The van der Waals surface area contributed by atoms with E-state index >= 15 is 0 Å². The van der Waals surface area contributed by atoms with Gasteiger partial charge in [0.15, 0.2) is 0 Å². The third kappa shape index (κ3) is 1.86. The Kier molecular flexibility index (Phi) is 2.46. The lowest BCUT2D eigenvalue weighted by Gasteiger charge is -2.09. The number of nitrogens with zero attached hydrogens (tertiary/aromatic N) is 2. The zero-order chi connectivity index (χ0) is 10.8. The standard InChI is InChI=1S/C13H15N3/c1-2-4-11(5-3-1)9-16-10-12-6-7-14-8-13(12)15-16/h1-5,10,14H,6-9H2. The Hall–Kier alpha value is -1.61. The molecule has 3 heteroatoms. The van der Waals surface area contributed by atoms with Gasteiger partial charge in [0.05, 0.1) is 12.2 Å². The average molecular weight is 213 g/mol. The zero-order valence-corrected chi connectivity index (χ0v) is 9.19. The number of aromatic nitrogens is 2. The van der Waals surface area contributed by atoms with Gasteiger partial charge in [-0.25, -0.2) is 0 Å². The molecule has 1 aliphatic heterocycles. The van der Waals surface area contributed by atoms with Crippen LogP contribution in [0.25, 0.3) is 0 Å². The maximum absolute atomic E-state index is 4.60. The predicted octanol–water partition coefficient (Wildman–Crippen LogP) is 1.58. The molecule has 0 saturated carbocycles. The summed E-state index contributed by atoms with van der Waals surface area (Å²) in [6, 6.07) is 10.5. The maximum atomic E-state index is 4.60. The largest absolute Gasteiger partial charge is 0.311 e. The average Bonchev–Trinajstić information content (AvgIpc) is 2.72. The Morgan fingerprint density at radius 1 is 1.25 bits per heavy atom. The molecule has 2 heterocycles. The summed E-state index contributed by atoms with van der Waals surface area (Å²) in [6.07, 6.45) is 3.29. The van der Waals surface area contributed by atoms with Crippen molar-refractivity contribution in [2.24, 2.45) is 0 Å². The highest BCUT2D eigenvalue weighted by molar-refractivity contribution is 5.21. The lowest BCUT2D eigenvalue weighted by atomic mass is 10.1. The molecule has 0 saturated heterocycles. The van der Waals surface area contributed by atoms with Gasteiger partial charge in [-0.15, -0.1) is 0 Å². The monoisotopic (exact) mass is 213 g/mol. The van der Waals surface area contributed by atoms with Crippen molar-refractivity contribution in [1.82, 2.24) is 15.1 Å². The van der Waals surface area contributed by atoms with Gasteiger partial charge < -0.3 is 5.32 Å². The summed E-state index contributed by atoms with van der Waals surface area (Å²) in [5.41, 5.74) is 3.91. The first-order chi connectivity index (χ1) is 7.92.